The van der Waals surface area contributed by atoms with Crippen LogP contribution >= 0.6 is 22.9 Å². The minimum Gasteiger partial charge on any atom is -0.459 e. The molecule has 2 heterocycles. The second-order valence-electron chi connectivity index (χ2n) is 5.85. The van der Waals surface area contributed by atoms with Crippen molar-refractivity contribution in [3.63, 3.8) is 0 Å². The van der Waals surface area contributed by atoms with Gasteiger partial charge in [0.25, 0.3) is 5.56 Å². The molecule has 0 saturated heterocycles. The third kappa shape index (κ3) is 4.76. The van der Waals surface area contributed by atoms with Gasteiger partial charge in [-0.1, -0.05) is 17.7 Å². The molecule has 0 atom stereocenters. The molecule has 1 N–H and O–H groups in total. The van der Waals surface area contributed by atoms with Crippen molar-refractivity contribution in [3.05, 3.63) is 62.5 Å². The summed E-state index contributed by atoms with van der Waals surface area (Å²) >= 11 is 7.11. The van der Waals surface area contributed by atoms with Gasteiger partial charge in [-0.05, 0) is 25.1 Å². The van der Waals surface area contributed by atoms with Crippen LogP contribution in [0, 0.1) is 6.92 Å². The third-order valence-corrected chi connectivity index (χ3v) is 6.37. The van der Waals surface area contributed by atoms with Gasteiger partial charge in [0.2, 0.25) is 10.0 Å². The van der Waals surface area contributed by atoms with Gasteiger partial charge >= 0.3 is 5.97 Å². The fourth-order valence-electron chi connectivity index (χ4n) is 2.41. The molecule has 148 valence electrons. The molecule has 8 nitrogen and oxygen atoms in total. The molecular formula is C17H16ClN3O5S2. The van der Waals surface area contributed by atoms with Gasteiger partial charge in [-0.3, -0.25) is 14.0 Å². The van der Waals surface area contributed by atoms with Crippen molar-refractivity contribution in [2.24, 2.45) is 0 Å². The molecule has 0 aliphatic heterocycles. The van der Waals surface area contributed by atoms with E-state index < -0.39 is 16.0 Å². The number of benzene rings is 1. The van der Waals surface area contributed by atoms with E-state index in [0.717, 1.165) is 5.69 Å². The first-order valence-electron chi connectivity index (χ1n) is 8.14. The Hall–Kier alpha value is -2.27. The molecule has 0 spiro atoms. The van der Waals surface area contributed by atoms with Crippen LogP contribution in [0.3, 0.4) is 0 Å². The number of ether oxygens (including phenoxy) is 1. The van der Waals surface area contributed by atoms with Gasteiger partial charge in [0.1, 0.15) is 6.61 Å². The largest absolute Gasteiger partial charge is 0.459 e. The molecule has 0 saturated carbocycles. The zero-order valence-electron chi connectivity index (χ0n) is 14.7. The molecule has 0 bridgehead atoms. The molecule has 0 fully saturated rings. The van der Waals surface area contributed by atoms with E-state index in [9.17, 15) is 18.0 Å². The molecule has 0 aliphatic rings. The Balaban J connectivity index is 1.53. The Morgan fingerprint density at radius 1 is 1.36 bits per heavy atom. The summed E-state index contributed by atoms with van der Waals surface area (Å²) in [5.74, 6) is -0.613. The minimum atomic E-state index is -3.77. The molecular weight excluding hydrogens is 426 g/mol. The molecule has 1 aromatic carbocycles. The first kappa shape index (κ1) is 20.5. The maximum absolute atomic E-state index is 12.1. The Morgan fingerprint density at radius 3 is 2.89 bits per heavy atom. The van der Waals surface area contributed by atoms with E-state index in [1.165, 1.54) is 40.0 Å². The fraction of sp³-hybridized carbons (Fsp3) is 0.235. The lowest BCUT2D eigenvalue weighted by Gasteiger charge is -2.07. The van der Waals surface area contributed by atoms with Gasteiger partial charge in [-0.25, -0.2) is 18.1 Å². The van der Waals surface area contributed by atoms with Gasteiger partial charge in [-0.15, -0.1) is 11.3 Å². The smallest absolute Gasteiger partial charge is 0.307 e. The van der Waals surface area contributed by atoms with Crippen LogP contribution in [0.25, 0.3) is 4.96 Å². The monoisotopic (exact) mass is 441 g/mol. The SMILES string of the molecule is Cc1csc2nc(COC(=O)CCNS(=O)(=O)c3cccc(Cl)c3)cc(=O)n12. The molecule has 3 rings (SSSR count). The fourth-order valence-corrected chi connectivity index (χ4v) is 4.63. The molecule has 2 aromatic heterocycles. The normalized spacial score (nSPS) is 11.6. The molecule has 11 heteroatoms. The number of esters is 1. The number of hydrogen-bond acceptors (Lipinski definition) is 7. The molecule has 28 heavy (non-hydrogen) atoms. The lowest BCUT2D eigenvalue weighted by atomic mass is 10.4. The number of carbonyl (C=O) groups excluding carboxylic acids is 1. The molecule has 0 unspecified atom stereocenters. The first-order chi connectivity index (χ1) is 13.3. The van der Waals surface area contributed by atoms with Gasteiger partial charge in [0, 0.05) is 28.7 Å². The van der Waals surface area contributed by atoms with E-state index in [0.29, 0.717) is 15.7 Å². The number of thiazole rings is 1. The maximum atomic E-state index is 12.1. The van der Waals surface area contributed by atoms with Crippen LogP contribution in [-0.2, 0) is 26.2 Å². The lowest BCUT2D eigenvalue weighted by Crippen LogP contribution is -2.26. The number of nitrogens with one attached hydrogen (secondary N) is 1. The number of hydrogen-bond donors (Lipinski definition) is 1. The summed E-state index contributed by atoms with van der Waals surface area (Å²) in [4.78, 5) is 28.7. The summed E-state index contributed by atoms with van der Waals surface area (Å²) in [5.41, 5.74) is 0.872. The number of fused-ring (bicyclic) bond motifs is 1. The highest BCUT2D eigenvalue weighted by molar-refractivity contribution is 7.89. The van der Waals surface area contributed by atoms with Crippen LogP contribution < -0.4 is 10.3 Å². The Bertz CT molecular complexity index is 1190. The third-order valence-electron chi connectivity index (χ3n) is 3.74. The van der Waals surface area contributed by atoms with Crippen LogP contribution in [-0.4, -0.2) is 30.3 Å². The molecule has 0 amide bonds. The van der Waals surface area contributed by atoms with Gasteiger partial charge < -0.3 is 4.74 Å². The van der Waals surface area contributed by atoms with Crippen molar-refractivity contribution < 1.29 is 17.9 Å². The summed E-state index contributed by atoms with van der Waals surface area (Å²) in [7, 11) is -3.77. The predicted molar refractivity (Wildman–Crippen MR) is 105 cm³/mol. The molecule has 0 aliphatic carbocycles. The van der Waals surface area contributed by atoms with Crippen LogP contribution in [0.15, 0.2) is 45.4 Å². The van der Waals surface area contributed by atoms with E-state index in [1.54, 1.807) is 13.0 Å². The summed E-state index contributed by atoms with van der Waals surface area (Å²) in [6.07, 6.45) is -0.168. The number of nitrogens with zero attached hydrogens (tertiary/aromatic N) is 2. The summed E-state index contributed by atoms with van der Waals surface area (Å²) < 4.78 is 33.1. The van der Waals surface area contributed by atoms with Crippen LogP contribution in [0.1, 0.15) is 17.8 Å². The van der Waals surface area contributed by atoms with Gasteiger partial charge in [0.05, 0.1) is 17.0 Å². The number of aromatic nitrogens is 2. The number of sulfonamides is 1. The topological polar surface area (TPSA) is 107 Å². The number of carbonyl (C=O) groups is 1. The minimum absolute atomic E-state index is 0.0117. The van der Waals surface area contributed by atoms with E-state index >= 15 is 0 Å². The zero-order chi connectivity index (χ0) is 20.3. The average Bonchev–Trinajstić information content (AvgIpc) is 3.01. The van der Waals surface area contributed by atoms with Crippen LogP contribution in [0.5, 0.6) is 0 Å². The van der Waals surface area contributed by atoms with E-state index in [1.807, 2.05) is 5.38 Å². The van der Waals surface area contributed by atoms with Gasteiger partial charge in [0.15, 0.2) is 4.96 Å². The number of rotatable bonds is 7. The summed E-state index contributed by atoms with van der Waals surface area (Å²) in [6.45, 7) is 1.51. The highest BCUT2D eigenvalue weighted by atomic mass is 35.5. The maximum Gasteiger partial charge on any atom is 0.307 e. The van der Waals surface area contributed by atoms with Crippen molar-refractivity contribution in [1.29, 1.82) is 0 Å². The van der Waals surface area contributed by atoms with E-state index in [4.69, 9.17) is 16.3 Å². The Morgan fingerprint density at radius 2 is 2.14 bits per heavy atom. The summed E-state index contributed by atoms with van der Waals surface area (Å²) in [5, 5.41) is 2.11. The molecule has 0 radical (unpaired) electrons. The standard InChI is InChI=1S/C17H16ClN3O5S2/c1-11-10-27-17-20-13(8-15(22)21(11)17)9-26-16(23)5-6-19-28(24,25)14-4-2-3-12(18)7-14/h2-4,7-8,10,19H,5-6,9H2,1H3. The first-order valence-corrected chi connectivity index (χ1v) is 10.9. The van der Waals surface area contributed by atoms with E-state index in [-0.39, 0.29) is 30.0 Å². The highest BCUT2D eigenvalue weighted by Gasteiger charge is 2.15. The van der Waals surface area contributed by atoms with Crippen molar-refractivity contribution >= 4 is 43.9 Å². The second kappa shape index (κ2) is 8.39. The summed E-state index contributed by atoms with van der Waals surface area (Å²) in [6, 6.07) is 7.11. The Kier molecular flexibility index (Phi) is 6.14. The van der Waals surface area contributed by atoms with Crippen molar-refractivity contribution in [1.82, 2.24) is 14.1 Å². The average molecular weight is 442 g/mol. The highest BCUT2D eigenvalue weighted by Crippen LogP contribution is 2.15. The second-order valence-corrected chi connectivity index (χ2v) is 8.89. The Labute approximate surface area is 169 Å². The van der Waals surface area contributed by atoms with Crippen molar-refractivity contribution in [2.45, 2.75) is 24.8 Å². The van der Waals surface area contributed by atoms with Crippen LogP contribution in [0.2, 0.25) is 5.02 Å². The van der Waals surface area contributed by atoms with Crippen molar-refractivity contribution in [2.75, 3.05) is 6.54 Å². The van der Waals surface area contributed by atoms with Crippen molar-refractivity contribution in [3.8, 4) is 0 Å². The zero-order valence-corrected chi connectivity index (χ0v) is 17.1. The number of halogens is 1. The number of aryl methyl sites for hydroxylation is 1. The lowest BCUT2D eigenvalue weighted by molar-refractivity contribution is -0.144. The predicted octanol–water partition coefficient (Wildman–Crippen LogP) is 2.13. The molecule has 3 aromatic rings. The van der Waals surface area contributed by atoms with E-state index in [2.05, 4.69) is 9.71 Å². The van der Waals surface area contributed by atoms with Gasteiger partial charge in [-0.2, -0.15) is 0 Å². The van der Waals surface area contributed by atoms with Crippen LogP contribution in [0.4, 0.5) is 0 Å². The quantitative estimate of drug-likeness (QED) is 0.563.